The molecule has 0 aliphatic carbocycles. The standard InChI is InChI=1S/C47H90O6/c1-41(2)33-27-21-15-11-9-7-8-10-12-17-24-30-36-45(48)51-39-44(40-52-46(49)37-31-25-20-19-23-29-35-43(5)6)53-47(50)38-32-26-18-14-13-16-22-28-34-42(3)4/h41-44H,7-40H2,1-6H3/t44-/m0/s1. The van der Waals surface area contributed by atoms with Crippen LogP contribution in [0.2, 0.25) is 0 Å². The molecule has 0 amide bonds. The van der Waals surface area contributed by atoms with Crippen LogP contribution in [0.4, 0.5) is 0 Å². The number of hydrogen-bond acceptors (Lipinski definition) is 6. The number of carbonyl (C=O) groups excluding carboxylic acids is 3. The van der Waals surface area contributed by atoms with Crippen molar-refractivity contribution in [3.8, 4) is 0 Å². The van der Waals surface area contributed by atoms with Crippen molar-refractivity contribution in [1.82, 2.24) is 0 Å². The smallest absolute Gasteiger partial charge is 0.306 e. The van der Waals surface area contributed by atoms with Gasteiger partial charge in [0.1, 0.15) is 13.2 Å². The largest absolute Gasteiger partial charge is 0.462 e. The molecule has 0 rings (SSSR count). The van der Waals surface area contributed by atoms with Crippen LogP contribution < -0.4 is 0 Å². The molecule has 6 nitrogen and oxygen atoms in total. The van der Waals surface area contributed by atoms with Crippen molar-refractivity contribution < 1.29 is 28.6 Å². The van der Waals surface area contributed by atoms with E-state index in [-0.39, 0.29) is 31.1 Å². The molecule has 0 aromatic carbocycles. The highest BCUT2D eigenvalue weighted by Gasteiger charge is 2.19. The molecule has 0 saturated carbocycles. The molecule has 0 aromatic heterocycles. The number of unbranched alkanes of at least 4 members (excludes halogenated alkanes) is 23. The predicted octanol–water partition coefficient (Wildman–Crippen LogP) is 14.4. The van der Waals surface area contributed by atoms with E-state index in [2.05, 4.69) is 41.5 Å². The summed E-state index contributed by atoms with van der Waals surface area (Å²) in [5.41, 5.74) is 0. The van der Waals surface area contributed by atoms with Gasteiger partial charge in [-0.2, -0.15) is 0 Å². The summed E-state index contributed by atoms with van der Waals surface area (Å²) < 4.78 is 16.7. The molecule has 0 saturated heterocycles. The van der Waals surface area contributed by atoms with E-state index >= 15 is 0 Å². The van der Waals surface area contributed by atoms with E-state index in [0.29, 0.717) is 19.3 Å². The van der Waals surface area contributed by atoms with E-state index in [1.807, 2.05) is 0 Å². The first kappa shape index (κ1) is 51.4. The Bertz CT molecular complexity index is 822. The monoisotopic (exact) mass is 751 g/mol. The van der Waals surface area contributed by atoms with Crippen LogP contribution in [0.1, 0.15) is 247 Å². The quantitative estimate of drug-likeness (QED) is 0.0352. The third-order valence-corrected chi connectivity index (χ3v) is 10.4. The molecule has 53 heavy (non-hydrogen) atoms. The minimum atomic E-state index is -0.762. The molecule has 0 spiro atoms. The second-order valence-corrected chi connectivity index (χ2v) is 17.5. The number of esters is 3. The van der Waals surface area contributed by atoms with Crippen LogP contribution in [0.25, 0.3) is 0 Å². The maximum atomic E-state index is 12.7. The van der Waals surface area contributed by atoms with Gasteiger partial charge >= 0.3 is 17.9 Å². The summed E-state index contributed by atoms with van der Waals surface area (Å²) in [7, 11) is 0. The van der Waals surface area contributed by atoms with Gasteiger partial charge in [0.2, 0.25) is 0 Å². The molecule has 0 aliphatic rings. The highest BCUT2D eigenvalue weighted by molar-refractivity contribution is 5.71. The van der Waals surface area contributed by atoms with Crippen LogP contribution in [-0.2, 0) is 28.6 Å². The highest BCUT2D eigenvalue weighted by Crippen LogP contribution is 2.17. The Morgan fingerprint density at radius 3 is 0.811 bits per heavy atom. The van der Waals surface area contributed by atoms with Gasteiger partial charge in [0, 0.05) is 19.3 Å². The Balaban J connectivity index is 4.30. The van der Waals surface area contributed by atoms with Gasteiger partial charge in [0.15, 0.2) is 6.10 Å². The topological polar surface area (TPSA) is 78.9 Å². The Morgan fingerprint density at radius 1 is 0.321 bits per heavy atom. The van der Waals surface area contributed by atoms with Gasteiger partial charge in [-0.05, 0) is 37.0 Å². The molecule has 0 aromatic rings. The van der Waals surface area contributed by atoms with Gasteiger partial charge in [0.05, 0.1) is 0 Å². The molecule has 0 aliphatic heterocycles. The van der Waals surface area contributed by atoms with Crippen LogP contribution in [0.15, 0.2) is 0 Å². The van der Waals surface area contributed by atoms with Gasteiger partial charge in [-0.1, -0.05) is 208 Å². The maximum Gasteiger partial charge on any atom is 0.306 e. The maximum absolute atomic E-state index is 12.7. The summed E-state index contributed by atoms with van der Waals surface area (Å²) >= 11 is 0. The van der Waals surface area contributed by atoms with Gasteiger partial charge in [-0.15, -0.1) is 0 Å². The Hall–Kier alpha value is -1.59. The lowest BCUT2D eigenvalue weighted by atomic mass is 10.0. The summed E-state index contributed by atoms with van der Waals surface area (Å²) in [4.78, 5) is 37.7. The average molecular weight is 751 g/mol. The Kier molecular flexibility index (Phi) is 37.5. The lowest BCUT2D eigenvalue weighted by Gasteiger charge is -2.18. The van der Waals surface area contributed by atoms with Crippen molar-refractivity contribution in [2.45, 2.75) is 253 Å². The summed E-state index contributed by atoms with van der Waals surface area (Å²) in [6.07, 6.45) is 35.4. The third-order valence-electron chi connectivity index (χ3n) is 10.4. The van der Waals surface area contributed by atoms with Crippen molar-refractivity contribution >= 4 is 17.9 Å². The summed E-state index contributed by atoms with van der Waals surface area (Å²) in [6, 6.07) is 0. The van der Waals surface area contributed by atoms with Crippen LogP contribution >= 0.6 is 0 Å². The van der Waals surface area contributed by atoms with Gasteiger partial charge < -0.3 is 14.2 Å². The average Bonchev–Trinajstić information content (AvgIpc) is 3.11. The number of rotatable bonds is 40. The zero-order chi connectivity index (χ0) is 39.2. The van der Waals surface area contributed by atoms with Crippen molar-refractivity contribution in [1.29, 1.82) is 0 Å². The van der Waals surface area contributed by atoms with E-state index in [0.717, 1.165) is 75.5 Å². The molecule has 1 atom stereocenters. The highest BCUT2D eigenvalue weighted by atomic mass is 16.6. The zero-order valence-corrected chi connectivity index (χ0v) is 36.3. The molecule has 0 unspecified atom stereocenters. The van der Waals surface area contributed by atoms with E-state index < -0.39 is 6.10 Å². The summed E-state index contributed by atoms with van der Waals surface area (Å²) in [5, 5.41) is 0. The lowest BCUT2D eigenvalue weighted by Crippen LogP contribution is -2.30. The Morgan fingerprint density at radius 2 is 0.547 bits per heavy atom. The van der Waals surface area contributed by atoms with E-state index in [1.165, 1.54) is 128 Å². The first-order valence-corrected chi connectivity index (χ1v) is 23.1. The van der Waals surface area contributed by atoms with Crippen molar-refractivity contribution in [3.63, 3.8) is 0 Å². The van der Waals surface area contributed by atoms with Crippen LogP contribution in [0.5, 0.6) is 0 Å². The van der Waals surface area contributed by atoms with Crippen molar-refractivity contribution in [3.05, 3.63) is 0 Å². The molecule has 0 N–H and O–H groups in total. The first-order valence-electron chi connectivity index (χ1n) is 23.1. The van der Waals surface area contributed by atoms with Crippen molar-refractivity contribution in [2.75, 3.05) is 13.2 Å². The second-order valence-electron chi connectivity index (χ2n) is 17.5. The molecular formula is C47H90O6. The zero-order valence-electron chi connectivity index (χ0n) is 36.3. The molecule has 0 heterocycles. The minimum Gasteiger partial charge on any atom is -0.462 e. The fourth-order valence-electron chi connectivity index (χ4n) is 6.88. The fourth-order valence-corrected chi connectivity index (χ4v) is 6.88. The van der Waals surface area contributed by atoms with Crippen LogP contribution in [-0.4, -0.2) is 37.2 Å². The Labute approximate surface area is 329 Å². The number of carbonyl (C=O) groups is 3. The third kappa shape index (κ3) is 41.4. The van der Waals surface area contributed by atoms with E-state index in [1.54, 1.807) is 0 Å². The van der Waals surface area contributed by atoms with Gasteiger partial charge in [-0.25, -0.2) is 0 Å². The minimum absolute atomic E-state index is 0.0667. The molecule has 6 heteroatoms. The fraction of sp³-hybridized carbons (Fsp3) is 0.936. The number of ether oxygens (including phenoxy) is 3. The summed E-state index contributed by atoms with van der Waals surface area (Å²) in [5.74, 6) is 1.52. The van der Waals surface area contributed by atoms with E-state index in [9.17, 15) is 14.4 Å². The number of hydrogen-bond donors (Lipinski definition) is 0. The SMILES string of the molecule is CC(C)CCCCCCCCCCCCCCC(=O)OC[C@@H](COC(=O)CCCCCCCCC(C)C)OC(=O)CCCCCCCCCCC(C)C. The second kappa shape index (κ2) is 38.7. The normalized spacial score (nSPS) is 12.2. The van der Waals surface area contributed by atoms with Crippen LogP contribution in [0, 0.1) is 17.8 Å². The summed E-state index contributed by atoms with van der Waals surface area (Å²) in [6.45, 7) is 13.6. The van der Waals surface area contributed by atoms with Crippen molar-refractivity contribution in [2.24, 2.45) is 17.8 Å². The molecule has 314 valence electrons. The molecule has 0 bridgehead atoms. The van der Waals surface area contributed by atoms with Gasteiger partial charge in [0.25, 0.3) is 0 Å². The van der Waals surface area contributed by atoms with Gasteiger partial charge in [-0.3, -0.25) is 14.4 Å². The van der Waals surface area contributed by atoms with Crippen LogP contribution in [0.3, 0.4) is 0 Å². The molecule has 0 radical (unpaired) electrons. The molecule has 0 fully saturated rings. The molecular weight excluding hydrogens is 661 g/mol. The lowest BCUT2D eigenvalue weighted by molar-refractivity contribution is -0.167. The first-order chi connectivity index (χ1) is 25.6. The predicted molar refractivity (Wildman–Crippen MR) is 224 cm³/mol. The van der Waals surface area contributed by atoms with E-state index in [4.69, 9.17) is 14.2 Å².